The summed E-state index contributed by atoms with van der Waals surface area (Å²) < 4.78 is 16.9. The lowest BCUT2D eigenvalue weighted by molar-refractivity contribution is 0.216. The number of benzene rings is 2. The molecule has 0 unspecified atom stereocenters. The molecule has 0 amide bonds. The highest BCUT2D eigenvalue weighted by molar-refractivity contribution is 5.31. The Balaban J connectivity index is 1.77. The van der Waals surface area contributed by atoms with Gasteiger partial charge in [-0.15, -0.1) is 0 Å². The lowest BCUT2D eigenvalue weighted by Crippen LogP contribution is -2.30. The van der Waals surface area contributed by atoms with Gasteiger partial charge in [0.25, 0.3) is 0 Å². The maximum atomic E-state index is 14.6. The third kappa shape index (κ3) is 3.24. The molecule has 0 saturated heterocycles. The summed E-state index contributed by atoms with van der Waals surface area (Å²) in [4.78, 5) is 2.41. The second-order valence-electron chi connectivity index (χ2n) is 6.86. The third-order valence-electron chi connectivity index (χ3n) is 5.02. The molecule has 1 aromatic heterocycles. The lowest BCUT2D eigenvalue weighted by atomic mass is 10.00. The summed E-state index contributed by atoms with van der Waals surface area (Å²) in [5.41, 5.74) is 4.48. The number of aromatic nitrogens is 1. The maximum absolute atomic E-state index is 14.6. The summed E-state index contributed by atoms with van der Waals surface area (Å²) in [6.45, 7) is 4.88. The molecule has 2 heterocycles. The van der Waals surface area contributed by atoms with Gasteiger partial charge in [0, 0.05) is 37.1 Å². The zero-order valence-electron chi connectivity index (χ0n) is 14.5. The topological polar surface area (TPSA) is 8.17 Å². The first-order valence-corrected chi connectivity index (χ1v) is 8.91. The zero-order valence-corrected chi connectivity index (χ0v) is 14.5. The minimum atomic E-state index is -0.128. The molecule has 3 aromatic rings. The number of hydrogen-bond donors (Lipinski definition) is 0. The second kappa shape index (κ2) is 6.85. The minimum absolute atomic E-state index is 0.0563. The van der Waals surface area contributed by atoms with E-state index in [0.717, 1.165) is 31.6 Å². The molecule has 0 N–H and O–H groups in total. The number of halogens is 1. The summed E-state index contributed by atoms with van der Waals surface area (Å²) in [6, 6.07) is 19.9. The smallest absolute Gasteiger partial charge is 0.128 e. The highest BCUT2D eigenvalue weighted by Gasteiger charge is 2.29. The largest absolute Gasteiger partial charge is 0.350 e. The van der Waals surface area contributed by atoms with Crippen LogP contribution in [0.4, 0.5) is 4.39 Å². The molecular weight excluding hydrogens is 311 g/mol. The van der Waals surface area contributed by atoms with E-state index in [1.807, 2.05) is 12.1 Å². The van der Waals surface area contributed by atoms with Gasteiger partial charge in [0.05, 0.1) is 6.04 Å². The van der Waals surface area contributed by atoms with E-state index in [2.05, 4.69) is 59.0 Å². The Labute approximate surface area is 148 Å². The fourth-order valence-electron chi connectivity index (χ4n) is 3.91. The molecule has 1 atom stereocenters. The van der Waals surface area contributed by atoms with Crippen LogP contribution in [0, 0.1) is 12.7 Å². The Morgan fingerprint density at radius 2 is 1.88 bits per heavy atom. The van der Waals surface area contributed by atoms with E-state index < -0.39 is 0 Å². The minimum Gasteiger partial charge on any atom is -0.350 e. The van der Waals surface area contributed by atoms with Crippen LogP contribution in [0.25, 0.3) is 0 Å². The van der Waals surface area contributed by atoms with Crippen molar-refractivity contribution in [1.82, 2.24) is 9.47 Å². The molecule has 0 bridgehead atoms. The zero-order chi connectivity index (χ0) is 17.2. The van der Waals surface area contributed by atoms with Crippen molar-refractivity contribution in [2.45, 2.75) is 32.5 Å². The number of fused-ring (bicyclic) bond motifs is 1. The number of nitrogens with zero attached hydrogens (tertiary/aromatic N) is 2. The standard InChI is InChI=1S/C22H23FN2/c1-17-7-4-8-18(15-17)16-25-14-6-13-24-12-5-11-21(24)22(25)19-9-2-3-10-20(19)23/h2-5,7-12,15,22H,6,13-14,16H2,1H3/t22-/m0/s1. The summed E-state index contributed by atoms with van der Waals surface area (Å²) >= 11 is 0. The van der Waals surface area contributed by atoms with Gasteiger partial charge in [0.1, 0.15) is 5.82 Å². The van der Waals surface area contributed by atoms with Crippen LogP contribution in [0.1, 0.15) is 34.8 Å². The van der Waals surface area contributed by atoms with E-state index in [4.69, 9.17) is 0 Å². The third-order valence-corrected chi connectivity index (χ3v) is 5.02. The van der Waals surface area contributed by atoms with Gasteiger partial charge in [-0.1, -0.05) is 48.0 Å². The predicted molar refractivity (Wildman–Crippen MR) is 98.9 cm³/mol. The van der Waals surface area contributed by atoms with Gasteiger partial charge in [-0.2, -0.15) is 0 Å². The summed E-state index contributed by atoms with van der Waals surface area (Å²) in [6.07, 6.45) is 3.18. The summed E-state index contributed by atoms with van der Waals surface area (Å²) in [5, 5.41) is 0. The van der Waals surface area contributed by atoms with Crippen molar-refractivity contribution in [3.05, 3.63) is 95.1 Å². The summed E-state index contributed by atoms with van der Waals surface area (Å²) in [7, 11) is 0. The lowest BCUT2D eigenvalue weighted by Gasteiger charge is -2.31. The van der Waals surface area contributed by atoms with Gasteiger partial charge < -0.3 is 4.57 Å². The fraction of sp³-hybridized carbons (Fsp3) is 0.273. The Hall–Kier alpha value is -2.39. The van der Waals surface area contributed by atoms with Crippen molar-refractivity contribution in [2.24, 2.45) is 0 Å². The number of hydrogen-bond acceptors (Lipinski definition) is 1. The first kappa shape index (κ1) is 16.1. The van der Waals surface area contributed by atoms with Crippen LogP contribution >= 0.6 is 0 Å². The van der Waals surface area contributed by atoms with E-state index in [1.165, 1.54) is 16.8 Å². The monoisotopic (exact) mass is 334 g/mol. The molecule has 0 fully saturated rings. The van der Waals surface area contributed by atoms with E-state index in [0.29, 0.717) is 0 Å². The molecule has 3 heteroatoms. The number of rotatable bonds is 3. The highest BCUT2D eigenvalue weighted by Crippen LogP contribution is 2.34. The summed E-state index contributed by atoms with van der Waals surface area (Å²) in [5.74, 6) is -0.128. The van der Waals surface area contributed by atoms with Gasteiger partial charge in [-0.05, 0) is 37.1 Å². The first-order chi connectivity index (χ1) is 12.2. The molecule has 25 heavy (non-hydrogen) atoms. The molecule has 0 spiro atoms. The van der Waals surface area contributed by atoms with Crippen molar-refractivity contribution >= 4 is 0 Å². The Bertz CT molecular complexity index is 868. The van der Waals surface area contributed by atoms with Crippen LogP contribution in [0.3, 0.4) is 0 Å². The van der Waals surface area contributed by atoms with Crippen molar-refractivity contribution in [3.63, 3.8) is 0 Å². The van der Waals surface area contributed by atoms with Crippen LogP contribution in [0.2, 0.25) is 0 Å². The predicted octanol–water partition coefficient (Wildman–Crippen LogP) is 4.93. The van der Waals surface area contributed by atoms with E-state index in [9.17, 15) is 4.39 Å². The van der Waals surface area contributed by atoms with Gasteiger partial charge in [0.15, 0.2) is 0 Å². The van der Waals surface area contributed by atoms with Crippen LogP contribution < -0.4 is 0 Å². The van der Waals surface area contributed by atoms with Gasteiger partial charge in [-0.3, -0.25) is 4.90 Å². The van der Waals surface area contributed by atoms with Crippen molar-refractivity contribution in [3.8, 4) is 0 Å². The van der Waals surface area contributed by atoms with Crippen LogP contribution in [0.15, 0.2) is 66.9 Å². The molecule has 2 nitrogen and oxygen atoms in total. The van der Waals surface area contributed by atoms with E-state index in [-0.39, 0.29) is 11.9 Å². The Kier molecular flexibility index (Phi) is 4.41. The maximum Gasteiger partial charge on any atom is 0.128 e. The van der Waals surface area contributed by atoms with Gasteiger partial charge in [-0.25, -0.2) is 4.39 Å². The molecule has 1 aliphatic rings. The molecule has 0 aliphatic carbocycles. The molecule has 128 valence electrons. The van der Waals surface area contributed by atoms with Crippen LogP contribution in [-0.4, -0.2) is 16.0 Å². The molecule has 1 aliphatic heterocycles. The van der Waals surface area contributed by atoms with Crippen molar-refractivity contribution in [2.75, 3.05) is 6.54 Å². The second-order valence-corrected chi connectivity index (χ2v) is 6.86. The number of aryl methyl sites for hydroxylation is 2. The first-order valence-electron chi connectivity index (χ1n) is 8.91. The van der Waals surface area contributed by atoms with E-state index in [1.54, 1.807) is 12.1 Å². The highest BCUT2D eigenvalue weighted by atomic mass is 19.1. The van der Waals surface area contributed by atoms with Crippen LogP contribution in [-0.2, 0) is 13.1 Å². The van der Waals surface area contributed by atoms with E-state index >= 15 is 0 Å². The average Bonchev–Trinajstić information content (AvgIpc) is 2.98. The SMILES string of the molecule is Cc1cccc(CN2CCCn3cccc3[C@@H]2c2ccccc2F)c1. The normalized spacial score (nSPS) is 17.9. The van der Waals surface area contributed by atoms with Crippen molar-refractivity contribution in [1.29, 1.82) is 0 Å². The quantitative estimate of drug-likeness (QED) is 0.659. The van der Waals surface area contributed by atoms with Gasteiger partial charge in [0.2, 0.25) is 0 Å². The molecule has 0 radical (unpaired) electrons. The average molecular weight is 334 g/mol. The molecule has 0 saturated carbocycles. The molecule has 4 rings (SSSR count). The van der Waals surface area contributed by atoms with Gasteiger partial charge >= 0.3 is 0 Å². The van der Waals surface area contributed by atoms with Crippen molar-refractivity contribution < 1.29 is 4.39 Å². The molecule has 2 aromatic carbocycles. The fourth-order valence-corrected chi connectivity index (χ4v) is 3.91. The Morgan fingerprint density at radius 3 is 2.72 bits per heavy atom. The van der Waals surface area contributed by atoms with Crippen LogP contribution in [0.5, 0.6) is 0 Å². The Morgan fingerprint density at radius 1 is 1.00 bits per heavy atom. The molecular formula is C22H23FN2.